The summed E-state index contributed by atoms with van der Waals surface area (Å²) in [6.45, 7) is 17.6. The van der Waals surface area contributed by atoms with E-state index in [9.17, 15) is 4.39 Å². The average molecular weight is 336 g/mol. The van der Waals surface area contributed by atoms with Crippen molar-refractivity contribution in [3.63, 3.8) is 0 Å². The first kappa shape index (κ1) is 24.7. The second-order valence-electron chi connectivity index (χ2n) is 5.16. The Morgan fingerprint density at radius 2 is 1.75 bits per heavy atom. The van der Waals surface area contributed by atoms with Gasteiger partial charge in [-0.2, -0.15) is 0 Å². The number of hydrogen-bond donors (Lipinski definition) is 0. The highest BCUT2D eigenvalue weighted by atomic mass is 19.1. The first-order valence-corrected chi connectivity index (χ1v) is 9.37. The Morgan fingerprint density at radius 1 is 1.21 bits per heavy atom. The van der Waals surface area contributed by atoms with Crippen LogP contribution in [0.4, 0.5) is 10.1 Å². The lowest BCUT2D eigenvalue weighted by Gasteiger charge is -2.16. The van der Waals surface area contributed by atoms with Crippen LogP contribution >= 0.6 is 0 Å². The monoisotopic (exact) mass is 335 g/mol. The van der Waals surface area contributed by atoms with Gasteiger partial charge in [0, 0.05) is 24.4 Å². The number of hydrogen-bond acceptors (Lipinski definition) is 1. The van der Waals surface area contributed by atoms with Crippen LogP contribution in [-0.2, 0) is 0 Å². The molecule has 1 aromatic rings. The van der Waals surface area contributed by atoms with E-state index in [1.807, 2.05) is 47.7 Å². The first-order chi connectivity index (χ1) is 11.6. The molecular weight excluding hydrogens is 297 g/mol. The number of anilines is 1. The third-order valence-corrected chi connectivity index (χ3v) is 3.56. The van der Waals surface area contributed by atoms with Crippen molar-refractivity contribution in [1.82, 2.24) is 0 Å². The summed E-state index contributed by atoms with van der Waals surface area (Å²) >= 11 is 0. The lowest BCUT2D eigenvalue weighted by molar-refractivity contribution is 0.627. The highest BCUT2D eigenvalue weighted by Gasteiger charge is 2.27. The van der Waals surface area contributed by atoms with E-state index in [1.54, 1.807) is 18.2 Å². The van der Waals surface area contributed by atoms with Crippen LogP contribution in [-0.4, -0.2) is 7.05 Å². The van der Waals surface area contributed by atoms with Gasteiger partial charge in [0.2, 0.25) is 0 Å². The zero-order valence-electron chi connectivity index (χ0n) is 17.1. The maximum Gasteiger partial charge on any atom is 0.125 e. The minimum atomic E-state index is -0.155. The maximum atomic E-state index is 13.2. The first-order valence-electron chi connectivity index (χ1n) is 9.37. The molecule has 1 aliphatic heterocycles. The Kier molecular flexibility index (Phi) is 15.4. The van der Waals surface area contributed by atoms with Gasteiger partial charge in [-0.15, -0.1) is 6.58 Å². The minimum Gasteiger partial charge on any atom is -0.348 e. The molecule has 0 aliphatic carbocycles. The van der Waals surface area contributed by atoms with Crippen LogP contribution in [0.2, 0.25) is 0 Å². The average Bonchev–Trinajstić information content (AvgIpc) is 2.84. The van der Waals surface area contributed by atoms with Gasteiger partial charge in [-0.25, -0.2) is 4.39 Å². The quantitative estimate of drug-likeness (QED) is 0.404. The number of unbranched alkanes of at least 4 members (excludes halogenated alkanes) is 2. The van der Waals surface area contributed by atoms with Gasteiger partial charge in [-0.1, -0.05) is 72.6 Å². The van der Waals surface area contributed by atoms with Gasteiger partial charge >= 0.3 is 0 Å². The molecule has 0 amide bonds. The lowest BCUT2D eigenvalue weighted by Crippen LogP contribution is -2.12. The van der Waals surface area contributed by atoms with Crippen molar-refractivity contribution in [1.29, 1.82) is 0 Å². The van der Waals surface area contributed by atoms with E-state index in [2.05, 4.69) is 31.4 Å². The highest BCUT2D eigenvalue weighted by molar-refractivity contribution is 5.67. The normalized spacial score (nSPS) is 16.0. The van der Waals surface area contributed by atoms with Gasteiger partial charge in [0.15, 0.2) is 0 Å². The second kappa shape index (κ2) is 15.0. The molecule has 0 radical (unpaired) electrons. The van der Waals surface area contributed by atoms with Crippen molar-refractivity contribution < 1.29 is 4.39 Å². The third-order valence-electron chi connectivity index (χ3n) is 3.56. The molecule has 1 unspecified atom stereocenters. The predicted molar refractivity (Wildman–Crippen MR) is 109 cm³/mol. The summed E-state index contributed by atoms with van der Waals surface area (Å²) < 4.78 is 13.2. The molecule has 0 aromatic heterocycles. The Balaban J connectivity index is 0. The summed E-state index contributed by atoms with van der Waals surface area (Å²) in [5.74, 6) is 0.227. The molecule has 1 aliphatic rings. The molecule has 1 atom stereocenters. The molecule has 2 heteroatoms. The van der Waals surface area contributed by atoms with Crippen LogP contribution in [0.25, 0.3) is 0 Å². The maximum absolute atomic E-state index is 13.2. The number of halogens is 1. The van der Waals surface area contributed by atoms with E-state index in [0.29, 0.717) is 5.92 Å². The number of nitrogens with zero attached hydrogens (tertiary/aromatic N) is 1. The van der Waals surface area contributed by atoms with E-state index >= 15 is 0 Å². The molecule has 0 saturated carbocycles. The Labute approximate surface area is 150 Å². The van der Waals surface area contributed by atoms with Crippen molar-refractivity contribution in [3.8, 4) is 0 Å². The zero-order chi connectivity index (χ0) is 19.1. The summed E-state index contributed by atoms with van der Waals surface area (Å²) in [6.07, 6.45) is 7.58. The van der Waals surface area contributed by atoms with Gasteiger partial charge in [-0.3, -0.25) is 0 Å². The largest absolute Gasteiger partial charge is 0.348 e. The molecule has 24 heavy (non-hydrogen) atoms. The Bertz CT molecular complexity index is 477. The van der Waals surface area contributed by atoms with Gasteiger partial charge < -0.3 is 4.90 Å². The topological polar surface area (TPSA) is 3.24 Å². The van der Waals surface area contributed by atoms with E-state index in [4.69, 9.17) is 0 Å². The summed E-state index contributed by atoms with van der Waals surface area (Å²) in [7, 11) is 2.03. The molecular formula is C22H38FN. The fraction of sp³-hybridized carbons (Fsp3) is 0.545. The summed E-state index contributed by atoms with van der Waals surface area (Å²) in [5, 5.41) is 0. The molecule has 0 fully saturated rings. The van der Waals surface area contributed by atoms with Crippen molar-refractivity contribution in [3.05, 3.63) is 54.0 Å². The summed E-state index contributed by atoms with van der Waals surface area (Å²) in [5.41, 5.74) is 3.55. The molecule has 0 saturated heterocycles. The van der Waals surface area contributed by atoms with Gasteiger partial charge in [0.1, 0.15) is 5.82 Å². The molecule has 0 spiro atoms. The van der Waals surface area contributed by atoms with Crippen molar-refractivity contribution >= 4 is 5.69 Å². The molecule has 138 valence electrons. The molecule has 1 nitrogen and oxygen atoms in total. The molecule has 0 N–H and O–H groups in total. The van der Waals surface area contributed by atoms with Crippen LogP contribution in [0.5, 0.6) is 0 Å². The van der Waals surface area contributed by atoms with Crippen molar-refractivity contribution in [2.24, 2.45) is 0 Å². The minimum absolute atomic E-state index is 0.155. The van der Waals surface area contributed by atoms with E-state index in [1.165, 1.54) is 24.1 Å². The zero-order valence-corrected chi connectivity index (χ0v) is 17.1. The van der Waals surface area contributed by atoms with Crippen molar-refractivity contribution in [2.75, 3.05) is 11.9 Å². The molecule has 1 aromatic carbocycles. The van der Waals surface area contributed by atoms with Crippen LogP contribution in [0.3, 0.4) is 0 Å². The fourth-order valence-corrected chi connectivity index (χ4v) is 2.53. The van der Waals surface area contributed by atoms with Crippen molar-refractivity contribution in [2.45, 2.75) is 73.6 Å². The Hall–Kier alpha value is -1.57. The SMILES string of the molecule is C=CC.CC.CC.CCCCC=C1C(C)c2ccc(F)cc2N1C. The van der Waals surface area contributed by atoms with E-state index in [0.717, 1.165) is 12.1 Å². The standard InChI is InChI=1S/C15H20FN.C3H6.2C2H6/c1-4-5-6-7-14-11(2)13-9-8-12(16)10-15(13)17(14)3;1-3-2;2*1-2/h7-11H,4-6H2,1-3H3;3H,1H2,2H3;2*1-2H3. The van der Waals surface area contributed by atoms with Gasteiger partial charge in [0.05, 0.1) is 0 Å². The number of rotatable bonds is 3. The van der Waals surface area contributed by atoms with E-state index in [-0.39, 0.29) is 5.82 Å². The highest BCUT2D eigenvalue weighted by Crippen LogP contribution is 2.42. The van der Waals surface area contributed by atoms with Crippen LogP contribution < -0.4 is 4.90 Å². The number of allylic oxidation sites excluding steroid dienone is 3. The lowest BCUT2D eigenvalue weighted by atomic mass is 10.00. The number of fused-ring (bicyclic) bond motifs is 1. The van der Waals surface area contributed by atoms with Gasteiger partial charge in [0.25, 0.3) is 0 Å². The molecule has 0 bridgehead atoms. The molecule has 2 rings (SSSR count). The van der Waals surface area contributed by atoms with Gasteiger partial charge in [-0.05, 0) is 31.0 Å². The third kappa shape index (κ3) is 7.33. The smallest absolute Gasteiger partial charge is 0.125 e. The predicted octanol–water partition coefficient (Wildman–Crippen LogP) is 7.70. The fourth-order valence-electron chi connectivity index (χ4n) is 2.53. The van der Waals surface area contributed by atoms with Crippen LogP contribution in [0.1, 0.15) is 79.2 Å². The second-order valence-corrected chi connectivity index (χ2v) is 5.16. The summed E-state index contributed by atoms with van der Waals surface area (Å²) in [6, 6.07) is 5.09. The summed E-state index contributed by atoms with van der Waals surface area (Å²) in [4.78, 5) is 2.12. The van der Waals surface area contributed by atoms with E-state index < -0.39 is 0 Å². The number of likely N-dealkylation sites (N-methyl/N-ethyl adjacent to an activating group) is 1. The van der Waals surface area contributed by atoms with Crippen LogP contribution in [0, 0.1) is 5.82 Å². The Morgan fingerprint density at radius 3 is 2.25 bits per heavy atom. The van der Waals surface area contributed by atoms with Crippen LogP contribution in [0.15, 0.2) is 42.6 Å². The molecule has 1 heterocycles. The number of benzene rings is 1.